The van der Waals surface area contributed by atoms with E-state index in [9.17, 15) is 18.0 Å². The topological polar surface area (TPSA) is 85.5 Å². The minimum absolute atomic E-state index is 0.0154. The van der Waals surface area contributed by atoms with E-state index in [1.54, 1.807) is 18.2 Å². The molecule has 9 heteroatoms. The Kier molecular flexibility index (Phi) is 6.36. The number of rotatable bonds is 8. The van der Waals surface area contributed by atoms with Crippen LogP contribution < -0.4 is 4.74 Å². The van der Waals surface area contributed by atoms with Crippen molar-refractivity contribution < 1.29 is 32.3 Å². The molecule has 1 spiro atoms. The molecule has 2 aromatic heterocycles. The lowest BCUT2D eigenvalue weighted by Crippen LogP contribution is -2.48. The molecular weight excluding hydrogens is 545 g/mol. The van der Waals surface area contributed by atoms with Gasteiger partial charge in [-0.25, -0.2) is 9.78 Å². The molecule has 0 amide bonds. The predicted octanol–water partition coefficient (Wildman–Crippen LogP) is 8.38. The molecule has 4 aromatic rings. The summed E-state index contributed by atoms with van der Waals surface area (Å²) in [5, 5.41) is 14.1. The first-order chi connectivity index (χ1) is 20.2. The lowest BCUT2D eigenvalue weighted by Gasteiger charge is -2.57. The molecular formula is C33H29F3N2O4. The van der Waals surface area contributed by atoms with Crippen LogP contribution in [0, 0.1) is 17.3 Å². The van der Waals surface area contributed by atoms with Crippen LogP contribution >= 0.6 is 0 Å². The largest absolute Gasteiger partial charge is 0.493 e. The lowest BCUT2D eigenvalue weighted by molar-refractivity contribution is -0.137. The standard InChI is InChI=1S/C33H29F3N2O4/c34-33(35,36)26-4-2-1-3-24(26)29-25(30(42-38-29)21-6-7-21)10-5-19-14-32(15-19)16-20(17-32)18-41-23-9-12-27-22(13-23)8-11-28(37-27)31(39)40/h1-5,8-13,19-21H,6-7,14-18H2,(H,39,40). The Bertz CT molecular complexity index is 1690. The maximum atomic E-state index is 13.7. The van der Waals surface area contributed by atoms with Crippen molar-refractivity contribution in [3.63, 3.8) is 0 Å². The van der Waals surface area contributed by atoms with Crippen LogP contribution in [-0.2, 0) is 6.18 Å². The van der Waals surface area contributed by atoms with Gasteiger partial charge in [-0.1, -0.05) is 41.6 Å². The summed E-state index contributed by atoms with van der Waals surface area (Å²) in [6.45, 7) is 0.627. The SMILES string of the molecule is O=C(O)c1ccc2cc(OCC3CC4(CC(C=Cc5c(-c6ccccc6C(F)(F)F)noc5C5CC5)C4)C3)ccc2n1. The van der Waals surface area contributed by atoms with Crippen LogP contribution in [0.5, 0.6) is 5.75 Å². The van der Waals surface area contributed by atoms with Crippen molar-refractivity contribution in [3.05, 3.63) is 83.3 Å². The van der Waals surface area contributed by atoms with Gasteiger partial charge in [-0.15, -0.1) is 0 Å². The van der Waals surface area contributed by atoms with Gasteiger partial charge in [0, 0.05) is 22.4 Å². The molecule has 3 saturated carbocycles. The minimum atomic E-state index is -4.47. The molecule has 3 fully saturated rings. The van der Waals surface area contributed by atoms with Gasteiger partial charge >= 0.3 is 12.1 Å². The monoisotopic (exact) mass is 574 g/mol. The van der Waals surface area contributed by atoms with E-state index in [1.165, 1.54) is 18.2 Å². The third-order valence-electron chi connectivity index (χ3n) is 8.93. The molecule has 0 radical (unpaired) electrons. The number of hydrogen-bond acceptors (Lipinski definition) is 5. The number of allylic oxidation sites excluding steroid dienone is 1. The normalized spacial score (nSPS) is 23.7. The summed E-state index contributed by atoms with van der Waals surface area (Å²) in [6, 6.07) is 14.3. The molecule has 0 bridgehead atoms. The number of halogens is 3. The quantitative estimate of drug-likeness (QED) is 0.228. The number of ether oxygens (including phenoxy) is 1. The molecule has 0 aliphatic heterocycles. The maximum Gasteiger partial charge on any atom is 0.417 e. The van der Waals surface area contributed by atoms with Crippen molar-refractivity contribution in [2.45, 2.75) is 50.6 Å². The van der Waals surface area contributed by atoms with E-state index < -0.39 is 17.7 Å². The second kappa shape index (κ2) is 10.00. The van der Waals surface area contributed by atoms with E-state index in [2.05, 4.69) is 16.2 Å². The van der Waals surface area contributed by atoms with Crippen LogP contribution in [0.25, 0.3) is 28.2 Å². The number of alkyl halides is 3. The number of pyridine rings is 1. The summed E-state index contributed by atoms with van der Waals surface area (Å²) in [5.74, 6) is 1.46. The van der Waals surface area contributed by atoms with Gasteiger partial charge in [-0.2, -0.15) is 13.2 Å². The highest BCUT2D eigenvalue weighted by atomic mass is 19.4. The highest BCUT2D eigenvalue weighted by Gasteiger charge is 2.52. The average molecular weight is 575 g/mol. The van der Waals surface area contributed by atoms with Crippen LogP contribution in [-0.4, -0.2) is 27.8 Å². The van der Waals surface area contributed by atoms with Crippen molar-refractivity contribution in [1.82, 2.24) is 10.1 Å². The smallest absolute Gasteiger partial charge is 0.417 e. The summed E-state index contributed by atoms with van der Waals surface area (Å²) in [6.07, 6.45) is 5.85. The maximum absolute atomic E-state index is 13.7. The molecule has 0 unspecified atom stereocenters. The number of carbonyl (C=O) groups is 1. The van der Waals surface area contributed by atoms with Gasteiger partial charge in [-0.05, 0) is 86.1 Å². The van der Waals surface area contributed by atoms with Crippen LogP contribution in [0.2, 0.25) is 0 Å². The highest BCUT2D eigenvalue weighted by molar-refractivity contribution is 5.90. The van der Waals surface area contributed by atoms with Crippen molar-refractivity contribution in [3.8, 4) is 17.0 Å². The molecule has 3 aliphatic rings. The van der Waals surface area contributed by atoms with Gasteiger partial charge in [0.25, 0.3) is 0 Å². The molecule has 0 atom stereocenters. The Hall–Kier alpha value is -4.14. The average Bonchev–Trinajstić information content (AvgIpc) is 3.69. The third-order valence-corrected chi connectivity index (χ3v) is 8.93. The number of aromatic nitrogens is 2. The van der Waals surface area contributed by atoms with Gasteiger partial charge in [0.15, 0.2) is 0 Å². The summed E-state index contributed by atoms with van der Waals surface area (Å²) in [4.78, 5) is 15.3. The van der Waals surface area contributed by atoms with Gasteiger partial charge in [0.1, 0.15) is 22.9 Å². The number of fused-ring (bicyclic) bond motifs is 1. The Morgan fingerprint density at radius 3 is 2.60 bits per heavy atom. The van der Waals surface area contributed by atoms with Gasteiger partial charge in [0.05, 0.1) is 17.7 Å². The third kappa shape index (κ3) is 5.05. The molecule has 2 heterocycles. The summed E-state index contributed by atoms with van der Waals surface area (Å²) < 4.78 is 52.8. The molecule has 216 valence electrons. The summed E-state index contributed by atoms with van der Waals surface area (Å²) >= 11 is 0. The molecule has 6 nitrogen and oxygen atoms in total. The molecule has 2 aromatic carbocycles. The zero-order valence-electron chi connectivity index (χ0n) is 22.7. The number of benzene rings is 2. The summed E-state index contributed by atoms with van der Waals surface area (Å²) in [5.41, 5.74) is 1.26. The first-order valence-electron chi connectivity index (χ1n) is 14.3. The molecule has 1 N–H and O–H groups in total. The second-order valence-corrected chi connectivity index (χ2v) is 12.1. The van der Waals surface area contributed by atoms with Crippen molar-refractivity contribution in [2.24, 2.45) is 17.3 Å². The fraction of sp³-hybridized carbons (Fsp3) is 0.364. The molecule has 3 aliphatic carbocycles. The van der Waals surface area contributed by atoms with Gasteiger partial charge < -0.3 is 14.4 Å². The minimum Gasteiger partial charge on any atom is -0.493 e. The van der Waals surface area contributed by atoms with E-state index >= 15 is 0 Å². The Labute approximate surface area is 240 Å². The van der Waals surface area contributed by atoms with E-state index in [1.807, 2.05) is 18.2 Å². The number of aromatic carboxylic acids is 1. The second-order valence-electron chi connectivity index (χ2n) is 12.1. The van der Waals surface area contributed by atoms with E-state index in [-0.39, 0.29) is 22.9 Å². The lowest BCUT2D eigenvalue weighted by atomic mass is 9.48. The number of nitrogens with zero attached hydrogens (tertiary/aromatic N) is 2. The highest BCUT2D eigenvalue weighted by Crippen LogP contribution is 2.61. The number of carboxylic acid groups (broad SMARTS) is 1. The first-order valence-corrected chi connectivity index (χ1v) is 14.3. The Morgan fingerprint density at radius 2 is 1.86 bits per heavy atom. The molecule has 7 rings (SSSR count). The predicted molar refractivity (Wildman–Crippen MR) is 150 cm³/mol. The van der Waals surface area contributed by atoms with Crippen LogP contribution in [0.4, 0.5) is 13.2 Å². The van der Waals surface area contributed by atoms with Crippen molar-refractivity contribution in [2.75, 3.05) is 6.61 Å². The van der Waals surface area contributed by atoms with Crippen LogP contribution in [0.3, 0.4) is 0 Å². The van der Waals surface area contributed by atoms with E-state index in [0.29, 0.717) is 40.7 Å². The zero-order chi connectivity index (χ0) is 29.1. The van der Waals surface area contributed by atoms with Crippen molar-refractivity contribution in [1.29, 1.82) is 0 Å². The fourth-order valence-corrected chi connectivity index (χ4v) is 6.81. The molecule has 0 saturated heterocycles. The van der Waals surface area contributed by atoms with Crippen LogP contribution in [0.1, 0.15) is 71.8 Å². The van der Waals surface area contributed by atoms with E-state index in [0.717, 1.165) is 55.7 Å². The summed E-state index contributed by atoms with van der Waals surface area (Å²) in [7, 11) is 0. The molecule has 42 heavy (non-hydrogen) atoms. The first kappa shape index (κ1) is 26.7. The fourth-order valence-electron chi connectivity index (χ4n) is 6.81. The Morgan fingerprint density at radius 1 is 1.07 bits per heavy atom. The Balaban J connectivity index is 0.967. The number of hydrogen-bond donors (Lipinski definition) is 1. The van der Waals surface area contributed by atoms with Crippen molar-refractivity contribution >= 4 is 22.9 Å². The van der Waals surface area contributed by atoms with E-state index in [4.69, 9.17) is 14.4 Å². The van der Waals surface area contributed by atoms with Gasteiger partial charge in [-0.3, -0.25) is 0 Å². The number of carboxylic acids is 1. The van der Waals surface area contributed by atoms with Gasteiger partial charge in [0.2, 0.25) is 0 Å². The van der Waals surface area contributed by atoms with Crippen LogP contribution in [0.15, 0.2) is 65.2 Å². The zero-order valence-corrected chi connectivity index (χ0v) is 22.7.